The number of hydrogen-bond donors (Lipinski definition) is 2. The molecule has 1 aromatic carbocycles. The van der Waals surface area contributed by atoms with E-state index in [1.807, 2.05) is 24.3 Å². The Morgan fingerprint density at radius 1 is 1.18 bits per heavy atom. The predicted molar refractivity (Wildman–Crippen MR) is 86.7 cm³/mol. The van der Waals surface area contributed by atoms with Gasteiger partial charge in [0.1, 0.15) is 0 Å². The van der Waals surface area contributed by atoms with E-state index in [1.165, 1.54) is 0 Å². The molecule has 1 amide bonds. The number of allylic oxidation sites excluding steroid dienone is 2. The van der Waals surface area contributed by atoms with Crippen molar-refractivity contribution in [2.24, 2.45) is 11.8 Å². The van der Waals surface area contributed by atoms with Crippen molar-refractivity contribution in [3.8, 4) is 0 Å². The van der Waals surface area contributed by atoms with Crippen LogP contribution in [0.15, 0.2) is 36.4 Å². The number of benzene rings is 1. The summed E-state index contributed by atoms with van der Waals surface area (Å²) in [6.45, 7) is 1.69. The standard InChI is InChI=1S/C18H23NO3/c1-13(18(21)22)12-14-8-10-16(11-9-14)19-17(20)15-6-4-2-3-5-7-15/h2-3,8-11,13,15H,4-7,12H2,1H3,(H,19,20)(H,21,22). The van der Waals surface area contributed by atoms with Gasteiger partial charge >= 0.3 is 5.97 Å². The van der Waals surface area contributed by atoms with Gasteiger partial charge in [-0.15, -0.1) is 0 Å². The van der Waals surface area contributed by atoms with Gasteiger partial charge in [0, 0.05) is 11.6 Å². The van der Waals surface area contributed by atoms with Crippen molar-refractivity contribution < 1.29 is 14.7 Å². The molecule has 2 rings (SSSR count). The molecule has 0 fully saturated rings. The minimum Gasteiger partial charge on any atom is -0.481 e. The first-order valence-electron chi connectivity index (χ1n) is 7.84. The lowest BCUT2D eigenvalue weighted by molar-refractivity contribution is -0.141. The Kier molecular flexibility index (Phi) is 5.75. The van der Waals surface area contributed by atoms with E-state index in [1.54, 1.807) is 6.92 Å². The van der Waals surface area contributed by atoms with Crippen LogP contribution in [0.1, 0.15) is 38.2 Å². The highest BCUT2D eigenvalue weighted by Crippen LogP contribution is 2.21. The molecule has 0 saturated carbocycles. The van der Waals surface area contributed by atoms with Gasteiger partial charge in [-0.05, 0) is 49.8 Å². The number of carbonyl (C=O) groups is 2. The van der Waals surface area contributed by atoms with Crippen molar-refractivity contribution >= 4 is 17.6 Å². The Labute approximate surface area is 131 Å². The smallest absolute Gasteiger partial charge is 0.306 e. The Morgan fingerprint density at radius 2 is 1.77 bits per heavy atom. The van der Waals surface area contributed by atoms with Crippen LogP contribution in [0.25, 0.3) is 0 Å². The largest absolute Gasteiger partial charge is 0.481 e. The second kappa shape index (κ2) is 7.78. The topological polar surface area (TPSA) is 66.4 Å². The molecule has 1 aliphatic rings. The summed E-state index contributed by atoms with van der Waals surface area (Å²) < 4.78 is 0. The van der Waals surface area contributed by atoms with Crippen molar-refractivity contribution in [1.29, 1.82) is 0 Å². The third-order valence-electron chi connectivity index (χ3n) is 4.09. The van der Waals surface area contributed by atoms with Crippen LogP contribution in [0.2, 0.25) is 0 Å². The van der Waals surface area contributed by atoms with Gasteiger partial charge in [0.15, 0.2) is 0 Å². The number of carboxylic acid groups (broad SMARTS) is 1. The van der Waals surface area contributed by atoms with Crippen LogP contribution in [-0.2, 0) is 16.0 Å². The van der Waals surface area contributed by atoms with Gasteiger partial charge in [0.25, 0.3) is 0 Å². The fourth-order valence-corrected chi connectivity index (χ4v) is 2.65. The molecule has 0 heterocycles. The monoisotopic (exact) mass is 301 g/mol. The van der Waals surface area contributed by atoms with Gasteiger partial charge < -0.3 is 10.4 Å². The molecule has 0 aliphatic heterocycles. The van der Waals surface area contributed by atoms with E-state index >= 15 is 0 Å². The fraction of sp³-hybridized carbons (Fsp3) is 0.444. The molecule has 1 atom stereocenters. The maximum Gasteiger partial charge on any atom is 0.306 e. The molecule has 0 bridgehead atoms. The third kappa shape index (κ3) is 4.72. The summed E-state index contributed by atoms with van der Waals surface area (Å²) in [6, 6.07) is 7.45. The van der Waals surface area contributed by atoms with E-state index in [0.29, 0.717) is 6.42 Å². The molecule has 22 heavy (non-hydrogen) atoms. The lowest BCUT2D eigenvalue weighted by Crippen LogP contribution is -2.22. The quantitative estimate of drug-likeness (QED) is 0.816. The molecule has 2 N–H and O–H groups in total. The van der Waals surface area contributed by atoms with Gasteiger partial charge in [-0.1, -0.05) is 31.2 Å². The second-order valence-corrected chi connectivity index (χ2v) is 5.95. The number of amides is 1. The molecule has 0 radical (unpaired) electrons. The molecule has 1 aliphatic carbocycles. The minimum atomic E-state index is -0.792. The zero-order valence-corrected chi connectivity index (χ0v) is 12.9. The van der Waals surface area contributed by atoms with Crippen LogP contribution in [-0.4, -0.2) is 17.0 Å². The molecule has 4 nitrogen and oxygen atoms in total. The van der Waals surface area contributed by atoms with Crippen molar-refractivity contribution in [3.63, 3.8) is 0 Å². The highest BCUT2D eigenvalue weighted by molar-refractivity contribution is 5.92. The average Bonchev–Trinajstić information content (AvgIpc) is 2.78. The summed E-state index contributed by atoms with van der Waals surface area (Å²) >= 11 is 0. The minimum absolute atomic E-state index is 0.0710. The fourth-order valence-electron chi connectivity index (χ4n) is 2.65. The number of nitrogens with one attached hydrogen (secondary N) is 1. The van der Waals surface area contributed by atoms with Crippen LogP contribution in [0.3, 0.4) is 0 Å². The first-order chi connectivity index (χ1) is 10.6. The van der Waals surface area contributed by atoms with Crippen molar-refractivity contribution in [3.05, 3.63) is 42.0 Å². The Hall–Kier alpha value is -2.10. The predicted octanol–water partition coefficient (Wildman–Crippen LogP) is 3.63. The zero-order chi connectivity index (χ0) is 15.9. The van der Waals surface area contributed by atoms with Gasteiger partial charge in [-0.25, -0.2) is 0 Å². The van der Waals surface area contributed by atoms with E-state index in [-0.39, 0.29) is 11.8 Å². The molecule has 118 valence electrons. The summed E-state index contributed by atoms with van der Waals surface area (Å²) in [4.78, 5) is 23.1. The van der Waals surface area contributed by atoms with Gasteiger partial charge in [-0.2, -0.15) is 0 Å². The summed E-state index contributed by atoms with van der Waals surface area (Å²) in [6.07, 6.45) is 8.51. The molecule has 0 spiro atoms. The number of hydrogen-bond acceptors (Lipinski definition) is 2. The Morgan fingerprint density at radius 3 is 2.32 bits per heavy atom. The number of aliphatic carboxylic acids is 1. The normalized spacial score (nSPS) is 16.8. The number of anilines is 1. The molecule has 0 aromatic heterocycles. The SMILES string of the molecule is CC(Cc1ccc(NC(=O)C2CCC=CCC2)cc1)C(=O)O. The maximum absolute atomic E-state index is 12.3. The van der Waals surface area contributed by atoms with Crippen LogP contribution in [0.4, 0.5) is 5.69 Å². The number of rotatable bonds is 5. The Bertz CT molecular complexity index is 538. The van der Waals surface area contributed by atoms with Crippen molar-refractivity contribution in [2.45, 2.75) is 39.0 Å². The summed E-state index contributed by atoms with van der Waals surface area (Å²) in [7, 11) is 0. The number of carbonyl (C=O) groups excluding carboxylic acids is 1. The zero-order valence-electron chi connectivity index (χ0n) is 12.9. The summed E-state index contributed by atoms with van der Waals surface area (Å²) in [5.74, 6) is -1.05. The first kappa shape index (κ1) is 16.3. The first-order valence-corrected chi connectivity index (χ1v) is 7.84. The highest BCUT2D eigenvalue weighted by atomic mass is 16.4. The molecular weight excluding hydrogens is 278 g/mol. The molecule has 1 unspecified atom stereocenters. The lowest BCUT2D eigenvalue weighted by atomic mass is 9.98. The van der Waals surface area contributed by atoms with Crippen LogP contribution < -0.4 is 5.32 Å². The molecular formula is C18H23NO3. The van der Waals surface area contributed by atoms with E-state index in [9.17, 15) is 9.59 Å². The summed E-state index contributed by atoms with van der Waals surface area (Å²) in [5.41, 5.74) is 1.74. The van der Waals surface area contributed by atoms with E-state index in [0.717, 1.165) is 36.9 Å². The van der Waals surface area contributed by atoms with Gasteiger partial charge in [-0.3, -0.25) is 9.59 Å². The van der Waals surface area contributed by atoms with Gasteiger partial charge in [0.2, 0.25) is 5.91 Å². The number of carboxylic acids is 1. The average molecular weight is 301 g/mol. The van der Waals surface area contributed by atoms with Crippen LogP contribution in [0.5, 0.6) is 0 Å². The van der Waals surface area contributed by atoms with Crippen LogP contribution >= 0.6 is 0 Å². The molecule has 4 heteroatoms. The highest BCUT2D eigenvalue weighted by Gasteiger charge is 2.18. The van der Waals surface area contributed by atoms with Gasteiger partial charge in [0.05, 0.1) is 5.92 Å². The van der Waals surface area contributed by atoms with E-state index < -0.39 is 11.9 Å². The van der Waals surface area contributed by atoms with E-state index in [2.05, 4.69) is 17.5 Å². The lowest BCUT2D eigenvalue weighted by Gasteiger charge is -2.14. The second-order valence-electron chi connectivity index (χ2n) is 5.95. The maximum atomic E-state index is 12.3. The third-order valence-corrected chi connectivity index (χ3v) is 4.09. The van der Waals surface area contributed by atoms with Crippen molar-refractivity contribution in [2.75, 3.05) is 5.32 Å². The van der Waals surface area contributed by atoms with Crippen LogP contribution in [0, 0.1) is 11.8 Å². The van der Waals surface area contributed by atoms with Crippen molar-refractivity contribution in [1.82, 2.24) is 0 Å². The summed E-state index contributed by atoms with van der Waals surface area (Å²) in [5, 5.41) is 11.9. The Balaban J connectivity index is 1.90. The molecule has 0 saturated heterocycles. The molecule has 1 aromatic rings. The van der Waals surface area contributed by atoms with E-state index in [4.69, 9.17) is 5.11 Å².